The molecule has 0 aromatic heterocycles. The molecule has 0 aliphatic carbocycles. The van der Waals surface area contributed by atoms with Crippen LogP contribution in [0.2, 0.25) is 0 Å². The first-order valence-corrected chi connectivity index (χ1v) is 9.08. The van der Waals surface area contributed by atoms with Gasteiger partial charge in [0.2, 0.25) is 5.91 Å². The highest BCUT2D eigenvalue weighted by atomic mass is 16.5. The van der Waals surface area contributed by atoms with Crippen LogP contribution >= 0.6 is 0 Å². The zero-order chi connectivity index (χ0) is 19.2. The van der Waals surface area contributed by atoms with Crippen molar-refractivity contribution in [1.82, 2.24) is 0 Å². The molecule has 2 fully saturated rings. The van der Waals surface area contributed by atoms with Gasteiger partial charge in [-0.15, -0.1) is 5.73 Å². The molecule has 2 saturated heterocycles. The van der Waals surface area contributed by atoms with E-state index in [4.69, 9.17) is 9.47 Å². The Labute approximate surface area is 159 Å². The van der Waals surface area contributed by atoms with E-state index in [1.807, 2.05) is 73.3 Å². The summed E-state index contributed by atoms with van der Waals surface area (Å²) in [4.78, 5) is 14.8. The molecule has 1 amide bonds. The number of carbonyl (C=O) groups is 1. The van der Waals surface area contributed by atoms with Crippen molar-refractivity contribution < 1.29 is 14.3 Å². The molecule has 0 saturated carbocycles. The molecule has 3 atom stereocenters. The number of hydrogen-bond donors (Lipinski definition) is 0. The van der Waals surface area contributed by atoms with Crippen LogP contribution in [-0.4, -0.2) is 30.8 Å². The minimum Gasteiger partial charge on any atom is -0.497 e. The second-order valence-corrected chi connectivity index (χ2v) is 7.47. The number of ether oxygens (including phenoxy) is 2. The Morgan fingerprint density at radius 1 is 1.15 bits per heavy atom. The first kappa shape index (κ1) is 17.6. The third-order valence-corrected chi connectivity index (χ3v) is 5.54. The summed E-state index contributed by atoms with van der Waals surface area (Å²) in [6.07, 6.45) is -0.273. The number of hydrogen-bond acceptors (Lipinski definition) is 3. The number of carbonyl (C=O) groups excluding carboxylic acids is 1. The van der Waals surface area contributed by atoms with Gasteiger partial charge >= 0.3 is 0 Å². The standard InChI is InChI=1S/C23H23NO3/c1-5-18(15-9-7-6-8-10-15)21-20-19(23(2,3)27-21)22(25)24(20)16-11-13-17(26-4)14-12-16/h6-14,19-21H,1H2,2-4H3/t19-,20-,21+/m1/s1. The molecule has 2 aromatic carbocycles. The summed E-state index contributed by atoms with van der Waals surface area (Å²) in [6, 6.07) is 17.5. The van der Waals surface area contributed by atoms with Crippen molar-refractivity contribution in [2.24, 2.45) is 5.92 Å². The van der Waals surface area contributed by atoms with Gasteiger partial charge in [-0.2, -0.15) is 0 Å². The summed E-state index contributed by atoms with van der Waals surface area (Å²) in [5.41, 5.74) is 5.30. The lowest BCUT2D eigenvalue weighted by atomic mass is 9.75. The van der Waals surface area contributed by atoms with Crippen molar-refractivity contribution in [3.63, 3.8) is 0 Å². The zero-order valence-electron chi connectivity index (χ0n) is 15.8. The number of nitrogens with zero attached hydrogens (tertiary/aromatic N) is 1. The highest BCUT2D eigenvalue weighted by molar-refractivity contribution is 6.05. The van der Waals surface area contributed by atoms with E-state index in [-0.39, 0.29) is 24.0 Å². The number of benzene rings is 2. The van der Waals surface area contributed by atoms with E-state index in [0.29, 0.717) is 0 Å². The van der Waals surface area contributed by atoms with Crippen molar-refractivity contribution in [1.29, 1.82) is 0 Å². The lowest BCUT2D eigenvalue weighted by Crippen LogP contribution is -2.65. The van der Waals surface area contributed by atoms with Gasteiger partial charge in [0, 0.05) is 11.3 Å². The number of methoxy groups -OCH3 is 1. The van der Waals surface area contributed by atoms with Crippen molar-refractivity contribution in [3.8, 4) is 5.75 Å². The Hall–Kier alpha value is -2.81. The second-order valence-electron chi connectivity index (χ2n) is 7.47. The van der Waals surface area contributed by atoms with E-state index >= 15 is 0 Å². The molecule has 2 aliphatic heterocycles. The summed E-state index contributed by atoms with van der Waals surface area (Å²) in [5, 5.41) is 0. The lowest BCUT2D eigenvalue weighted by Gasteiger charge is -2.47. The van der Waals surface area contributed by atoms with E-state index in [2.05, 4.69) is 12.3 Å². The van der Waals surface area contributed by atoms with Crippen molar-refractivity contribution in [3.05, 3.63) is 72.5 Å². The molecule has 4 heteroatoms. The van der Waals surface area contributed by atoms with E-state index in [9.17, 15) is 4.79 Å². The first-order valence-electron chi connectivity index (χ1n) is 9.08. The van der Waals surface area contributed by atoms with Crippen LogP contribution in [0.4, 0.5) is 5.69 Å². The molecule has 138 valence electrons. The van der Waals surface area contributed by atoms with Crippen LogP contribution in [0.1, 0.15) is 19.4 Å². The van der Waals surface area contributed by atoms with Gasteiger partial charge in [0.15, 0.2) is 0 Å². The van der Waals surface area contributed by atoms with Crippen LogP contribution in [0.5, 0.6) is 5.75 Å². The SMILES string of the molecule is C=C=C(c1ccccc1)[C@@H]1OC(C)(C)[C@H]2C(=O)N(c3ccc(OC)cc3)[C@@H]12. The fourth-order valence-corrected chi connectivity index (χ4v) is 4.26. The minimum atomic E-state index is -0.535. The second kappa shape index (κ2) is 6.41. The van der Waals surface area contributed by atoms with E-state index in [0.717, 1.165) is 22.6 Å². The highest BCUT2D eigenvalue weighted by Crippen LogP contribution is 2.51. The Kier molecular flexibility index (Phi) is 4.18. The molecule has 2 aliphatic rings. The predicted octanol–water partition coefficient (Wildman–Crippen LogP) is 4.07. The van der Waals surface area contributed by atoms with Gasteiger partial charge in [-0.05, 0) is 43.7 Å². The average Bonchev–Trinajstić information content (AvgIpc) is 2.90. The van der Waals surface area contributed by atoms with Gasteiger partial charge in [-0.3, -0.25) is 4.79 Å². The van der Waals surface area contributed by atoms with E-state index in [1.165, 1.54) is 0 Å². The lowest BCUT2D eigenvalue weighted by molar-refractivity contribution is -0.133. The summed E-state index contributed by atoms with van der Waals surface area (Å²) >= 11 is 0. The zero-order valence-corrected chi connectivity index (χ0v) is 15.8. The van der Waals surface area contributed by atoms with Crippen LogP contribution in [0, 0.1) is 5.92 Å². The number of β-lactam (4-membered cyclic amide) rings is 1. The van der Waals surface area contributed by atoms with Gasteiger partial charge in [-0.1, -0.05) is 36.9 Å². The normalized spacial score (nSPS) is 25.4. The van der Waals surface area contributed by atoms with Gasteiger partial charge in [0.05, 0.1) is 24.7 Å². The predicted molar refractivity (Wildman–Crippen MR) is 106 cm³/mol. The molecule has 2 heterocycles. The average molecular weight is 361 g/mol. The third-order valence-electron chi connectivity index (χ3n) is 5.54. The Bertz CT molecular complexity index is 910. The van der Waals surface area contributed by atoms with Gasteiger partial charge in [-0.25, -0.2) is 0 Å². The number of fused-ring (bicyclic) bond motifs is 1. The molecule has 2 aromatic rings. The van der Waals surface area contributed by atoms with E-state index in [1.54, 1.807) is 7.11 Å². The number of rotatable bonds is 4. The molecular formula is C23H23NO3. The van der Waals surface area contributed by atoms with Crippen LogP contribution in [-0.2, 0) is 9.53 Å². The fourth-order valence-electron chi connectivity index (χ4n) is 4.26. The molecule has 4 rings (SSSR count). The maximum Gasteiger partial charge on any atom is 0.235 e. The number of anilines is 1. The van der Waals surface area contributed by atoms with E-state index < -0.39 is 5.60 Å². The fraction of sp³-hybridized carbons (Fsp3) is 0.304. The van der Waals surface area contributed by atoms with Crippen LogP contribution in [0.15, 0.2) is 66.9 Å². The van der Waals surface area contributed by atoms with Crippen LogP contribution in [0.25, 0.3) is 5.57 Å². The molecule has 4 nitrogen and oxygen atoms in total. The Balaban J connectivity index is 1.73. The molecular weight excluding hydrogens is 338 g/mol. The summed E-state index contributed by atoms with van der Waals surface area (Å²) < 4.78 is 11.6. The van der Waals surface area contributed by atoms with Crippen LogP contribution in [0.3, 0.4) is 0 Å². The smallest absolute Gasteiger partial charge is 0.235 e. The van der Waals surface area contributed by atoms with Crippen molar-refractivity contribution in [2.45, 2.75) is 31.6 Å². The topological polar surface area (TPSA) is 38.8 Å². The monoisotopic (exact) mass is 361 g/mol. The minimum absolute atomic E-state index is 0.0784. The molecule has 0 spiro atoms. The summed E-state index contributed by atoms with van der Waals surface area (Å²) in [6.45, 7) is 7.86. The summed E-state index contributed by atoms with van der Waals surface area (Å²) in [7, 11) is 1.63. The third kappa shape index (κ3) is 2.69. The van der Waals surface area contributed by atoms with Gasteiger partial charge in [0.25, 0.3) is 0 Å². The maximum absolute atomic E-state index is 13.0. The molecule has 27 heavy (non-hydrogen) atoms. The Morgan fingerprint density at radius 3 is 2.41 bits per heavy atom. The van der Waals surface area contributed by atoms with Crippen molar-refractivity contribution >= 4 is 17.2 Å². The first-order chi connectivity index (χ1) is 13.0. The van der Waals surface area contributed by atoms with Gasteiger partial charge in [0.1, 0.15) is 11.9 Å². The highest BCUT2D eigenvalue weighted by Gasteiger charge is 2.65. The van der Waals surface area contributed by atoms with Crippen molar-refractivity contribution in [2.75, 3.05) is 12.0 Å². The molecule has 0 unspecified atom stereocenters. The molecule has 0 radical (unpaired) electrons. The molecule has 0 N–H and O–H groups in total. The molecule has 0 bridgehead atoms. The quantitative estimate of drug-likeness (QED) is 0.609. The van der Waals surface area contributed by atoms with Gasteiger partial charge < -0.3 is 14.4 Å². The maximum atomic E-state index is 13.0. The Morgan fingerprint density at radius 2 is 1.81 bits per heavy atom. The largest absolute Gasteiger partial charge is 0.497 e. The summed E-state index contributed by atoms with van der Waals surface area (Å²) in [5.74, 6) is 0.671. The van der Waals surface area contributed by atoms with Crippen LogP contribution < -0.4 is 9.64 Å². The number of amides is 1.